The van der Waals surface area contributed by atoms with E-state index in [0.29, 0.717) is 67.2 Å². The predicted molar refractivity (Wildman–Crippen MR) is 153 cm³/mol. The van der Waals surface area contributed by atoms with Gasteiger partial charge in [0.15, 0.2) is 5.82 Å². The summed E-state index contributed by atoms with van der Waals surface area (Å²) in [6, 6.07) is 3.39. The normalized spacial score (nSPS) is 16.0. The summed E-state index contributed by atoms with van der Waals surface area (Å²) in [5, 5.41) is 10.0. The number of anilines is 3. The smallest absolute Gasteiger partial charge is 0.370 e. The van der Waals surface area contributed by atoms with E-state index in [1.807, 2.05) is 0 Å². The number of piperidine rings is 1. The Kier molecular flexibility index (Phi) is 7.58. The molecule has 1 aliphatic carbocycles. The molecule has 0 aromatic carbocycles. The van der Waals surface area contributed by atoms with E-state index >= 15 is 0 Å². The molecule has 16 heteroatoms. The van der Waals surface area contributed by atoms with Crippen molar-refractivity contribution in [2.75, 3.05) is 23.3 Å². The zero-order valence-electron chi connectivity index (χ0n) is 23.4. The SMILES string of the molecule is CC(=O)C1CCN(c2cc(Nc3ccnc(-c4cnn(S(=O)(=O)C5CC5)c4)n3)ncc2C#Cc2cnn(C(F)(F)F)c2)CC1. The van der Waals surface area contributed by atoms with Crippen molar-refractivity contribution in [1.29, 1.82) is 0 Å². The van der Waals surface area contributed by atoms with Crippen molar-refractivity contribution in [2.45, 2.75) is 44.2 Å². The lowest BCUT2D eigenvalue weighted by atomic mass is 9.93. The molecule has 1 saturated carbocycles. The van der Waals surface area contributed by atoms with Gasteiger partial charge in [-0.25, -0.2) is 23.4 Å². The van der Waals surface area contributed by atoms with Gasteiger partial charge in [-0.05, 0) is 38.7 Å². The van der Waals surface area contributed by atoms with Crippen molar-refractivity contribution in [2.24, 2.45) is 5.92 Å². The molecule has 0 atom stereocenters. The number of halogens is 3. The molecule has 2 aliphatic rings. The Morgan fingerprint density at radius 1 is 1.00 bits per heavy atom. The number of aromatic nitrogens is 7. The van der Waals surface area contributed by atoms with Crippen molar-refractivity contribution in [3.05, 3.63) is 60.4 Å². The number of Topliss-reactive ketones (excluding diaryl/α,β-unsaturated/α-hetero) is 1. The average Bonchev–Trinajstić information content (AvgIpc) is 3.53. The van der Waals surface area contributed by atoms with Crippen LogP contribution in [-0.4, -0.2) is 66.5 Å². The minimum atomic E-state index is -4.64. The van der Waals surface area contributed by atoms with Crippen molar-refractivity contribution in [3.8, 4) is 23.2 Å². The molecule has 2 fully saturated rings. The Morgan fingerprint density at radius 2 is 1.77 bits per heavy atom. The van der Waals surface area contributed by atoms with E-state index < -0.39 is 21.6 Å². The number of nitrogens with one attached hydrogen (secondary N) is 1. The molecule has 1 aliphatic heterocycles. The molecule has 4 aromatic heterocycles. The zero-order chi connectivity index (χ0) is 31.1. The molecule has 44 heavy (non-hydrogen) atoms. The summed E-state index contributed by atoms with van der Waals surface area (Å²) in [5.74, 6) is 6.83. The van der Waals surface area contributed by atoms with E-state index in [-0.39, 0.29) is 27.8 Å². The fraction of sp³-hybridized carbons (Fsp3) is 0.357. The van der Waals surface area contributed by atoms with Gasteiger partial charge < -0.3 is 10.2 Å². The second kappa shape index (κ2) is 11.4. The highest BCUT2D eigenvalue weighted by molar-refractivity contribution is 7.90. The van der Waals surface area contributed by atoms with Gasteiger partial charge in [-0.3, -0.25) is 4.79 Å². The topological polar surface area (TPSA) is 141 Å². The Hall–Kier alpha value is -4.78. The van der Waals surface area contributed by atoms with E-state index in [1.165, 1.54) is 24.8 Å². The number of carbonyl (C=O) groups is 1. The van der Waals surface area contributed by atoms with Gasteiger partial charge in [0.2, 0.25) is 0 Å². The lowest BCUT2D eigenvalue weighted by Crippen LogP contribution is -2.36. The fourth-order valence-corrected chi connectivity index (χ4v) is 6.32. The van der Waals surface area contributed by atoms with Gasteiger partial charge in [0.05, 0.1) is 46.2 Å². The Balaban J connectivity index is 1.27. The first-order valence-electron chi connectivity index (χ1n) is 13.8. The lowest BCUT2D eigenvalue weighted by Gasteiger charge is -2.33. The summed E-state index contributed by atoms with van der Waals surface area (Å²) in [5.41, 5.74) is 1.71. The average molecular weight is 626 g/mol. The van der Waals surface area contributed by atoms with Gasteiger partial charge in [-0.1, -0.05) is 11.8 Å². The van der Waals surface area contributed by atoms with Crippen LogP contribution in [0.1, 0.15) is 43.7 Å². The third kappa shape index (κ3) is 6.27. The van der Waals surface area contributed by atoms with Crippen molar-refractivity contribution >= 4 is 33.1 Å². The van der Waals surface area contributed by atoms with Gasteiger partial charge in [-0.15, -0.1) is 13.2 Å². The summed E-state index contributed by atoms with van der Waals surface area (Å²) in [6.45, 7) is 2.75. The molecular formula is C28H26F3N9O3S. The minimum absolute atomic E-state index is 0.0310. The molecule has 5 heterocycles. The highest BCUT2D eigenvalue weighted by Crippen LogP contribution is 2.31. The largest absolute Gasteiger partial charge is 0.504 e. The number of rotatable bonds is 7. The third-order valence-electron chi connectivity index (χ3n) is 7.41. The second-order valence-corrected chi connectivity index (χ2v) is 12.7. The van der Waals surface area contributed by atoms with Crippen molar-refractivity contribution < 1.29 is 26.4 Å². The van der Waals surface area contributed by atoms with Crippen LogP contribution in [0.2, 0.25) is 0 Å². The van der Waals surface area contributed by atoms with Crippen molar-refractivity contribution in [1.82, 2.24) is 33.9 Å². The summed E-state index contributed by atoms with van der Waals surface area (Å²) in [7, 11) is -3.53. The number of hydrogen-bond acceptors (Lipinski definition) is 10. The van der Waals surface area contributed by atoms with E-state index in [0.717, 1.165) is 16.5 Å². The Labute approximate surface area is 250 Å². The molecule has 1 N–H and O–H groups in total. The predicted octanol–water partition coefficient (Wildman–Crippen LogP) is 3.70. The number of hydrogen-bond donors (Lipinski definition) is 1. The molecule has 0 amide bonds. The maximum atomic E-state index is 13.0. The molecule has 0 bridgehead atoms. The molecule has 0 radical (unpaired) electrons. The Morgan fingerprint density at radius 3 is 2.45 bits per heavy atom. The molecule has 0 spiro atoms. The van der Waals surface area contributed by atoms with E-state index in [1.54, 1.807) is 19.1 Å². The highest BCUT2D eigenvalue weighted by Gasteiger charge is 2.38. The van der Waals surface area contributed by atoms with Crippen molar-refractivity contribution in [3.63, 3.8) is 0 Å². The van der Waals surface area contributed by atoms with Gasteiger partial charge in [0.1, 0.15) is 17.4 Å². The third-order valence-corrected chi connectivity index (χ3v) is 9.45. The standard InChI is InChI=1S/C28H26F3N9O3S/c1-18(41)20-7-10-38(11-8-20)24-12-26(33-14-21(24)3-2-19-13-34-39(16-19)28(29,30)31)36-25-6-9-32-27(37-25)22-15-35-40(17-22)44(42,43)23-4-5-23/h6,9,12-17,20,23H,4-5,7-8,10-11H2,1H3,(H,32,33,36,37). The molecule has 1 saturated heterocycles. The van der Waals surface area contributed by atoms with Gasteiger partial charge in [0.25, 0.3) is 10.0 Å². The van der Waals surface area contributed by atoms with Crippen LogP contribution in [0.25, 0.3) is 11.4 Å². The monoisotopic (exact) mass is 625 g/mol. The minimum Gasteiger partial charge on any atom is -0.370 e. The highest BCUT2D eigenvalue weighted by atomic mass is 32.2. The molecule has 0 unspecified atom stereocenters. The first-order valence-corrected chi connectivity index (χ1v) is 15.3. The Bertz CT molecular complexity index is 1880. The summed E-state index contributed by atoms with van der Waals surface area (Å²) in [4.78, 5) is 27.2. The fourth-order valence-electron chi connectivity index (χ4n) is 4.84. The van der Waals surface area contributed by atoms with Crippen LogP contribution in [0.4, 0.5) is 30.5 Å². The number of nitrogens with zero attached hydrogens (tertiary/aromatic N) is 8. The number of pyridine rings is 1. The number of ketones is 1. The molecule has 228 valence electrons. The molecule has 4 aromatic rings. The maximum absolute atomic E-state index is 13.0. The number of alkyl halides is 3. The lowest BCUT2D eigenvalue weighted by molar-refractivity contribution is -0.212. The van der Waals surface area contributed by atoms with E-state index in [9.17, 15) is 26.4 Å². The van der Waals surface area contributed by atoms with Crippen LogP contribution in [0.3, 0.4) is 0 Å². The van der Waals surface area contributed by atoms with Crippen LogP contribution >= 0.6 is 0 Å². The van der Waals surface area contributed by atoms with Crippen LogP contribution in [0.5, 0.6) is 0 Å². The van der Waals surface area contributed by atoms with Crippen LogP contribution < -0.4 is 10.2 Å². The van der Waals surface area contributed by atoms with Gasteiger partial charge >= 0.3 is 6.30 Å². The first kappa shape index (κ1) is 29.3. The summed E-state index contributed by atoms with van der Waals surface area (Å²) in [6.07, 6.45) is 5.58. The maximum Gasteiger partial charge on any atom is 0.504 e. The summed E-state index contributed by atoms with van der Waals surface area (Å²) < 4.78 is 64.7. The van der Waals surface area contributed by atoms with Gasteiger partial charge in [-0.2, -0.15) is 19.0 Å². The number of carbonyl (C=O) groups excluding carboxylic acids is 1. The first-order chi connectivity index (χ1) is 21.0. The zero-order valence-corrected chi connectivity index (χ0v) is 24.2. The molecule has 6 rings (SSSR count). The van der Waals surface area contributed by atoms with E-state index in [2.05, 4.69) is 47.2 Å². The van der Waals surface area contributed by atoms with Crippen LogP contribution in [0.15, 0.2) is 49.3 Å². The van der Waals surface area contributed by atoms with E-state index in [4.69, 9.17) is 0 Å². The molecular weight excluding hydrogens is 599 g/mol. The van der Waals surface area contributed by atoms with Crippen LogP contribution in [0, 0.1) is 17.8 Å². The quantitative estimate of drug-likeness (QED) is 0.302. The van der Waals surface area contributed by atoms with Gasteiger partial charge in [0, 0.05) is 43.7 Å². The van der Waals surface area contributed by atoms with Crippen LogP contribution in [-0.2, 0) is 21.1 Å². The second-order valence-electron chi connectivity index (χ2n) is 10.6. The summed E-state index contributed by atoms with van der Waals surface area (Å²) >= 11 is 0. The molecule has 12 nitrogen and oxygen atoms in total.